The first-order valence-electron chi connectivity index (χ1n) is 8.34. The number of alkyl halides is 3. The van der Waals surface area contributed by atoms with Crippen molar-refractivity contribution < 1.29 is 26.3 Å². The van der Waals surface area contributed by atoms with Crippen LogP contribution in [0.3, 0.4) is 0 Å². The van der Waals surface area contributed by atoms with E-state index in [1.165, 1.54) is 11.2 Å². The lowest BCUT2D eigenvalue weighted by molar-refractivity contribution is -0.145. The van der Waals surface area contributed by atoms with E-state index in [9.17, 15) is 21.6 Å². The topological polar surface area (TPSA) is 84.4 Å². The standard InChI is InChI=1S/C15H19F3N4O3S/c1-9-12(4-19-13(20-9)15(16,17)18)26(23,24)22-7-14(8-22)2-10(3-14)21-11-5-25-6-11/h4,10-11,21H,2-3,5-8H2,1H3. The molecule has 144 valence electrons. The number of halogens is 3. The lowest BCUT2D eigenvalue weighted by Gasteiger charge is -2.59. The van der Waals surface area contributed by atoms with Gasteiger partial charge in [0.2, 0.25) is 15.8 Å². The summed E-state index contributed by atoms with van der Waals surface area (Å²) in [4.78, 5) is 6.24. The second-order valence-corrected chi connectivity index (χ2v) is 9.33. The highest BCUT2D eigenvalue weighted by Crippen LogP contribution is 2.50. The number of rotatable bonds is 4. The number of aryl methyl sites for hydroxylation is 1. The smallest absolute Gasteiger partial charge is 0.378 e. The molecule has 0 radical (unpaired) electrons. The van der Waals surface area contributed by atoms with Crippen LogP contribution in [0.2, 0.25) is 0 Å². The summed E-state index contributed by atoms with van der Waals surface area (Å²) < 4.78 is 69.7. The Balaban J connectivity index is 1.40. The third kappa shape index (κ3) is 3.00. The van der Waals surface area contributed by atoms with Crippen LogP contribution in [0.15, 0.2) is 11.1 Å². The third-order valence-corrected chi connectivity index (χ3v) is 7.19. The van der Waals surface area contributed by atoms with Crippen molar-refractivity contribution in [1.29, 1.82) is 0 Å². The Morgan fingerprint density at radius 3 is 2.42 bits per heavy atom. The van der Waals surface area contributed by atoms with Gasteiger partial charge in [-0.3, -0.25) is 0 Å². The average molecular weight is 392 g/mol. The number of hydrogen-bond acceptors (Lipinski definition) is 6. The predicted molar refractivity (Wildman–Crippen MR) is 83.7 cm³/mol. The number of nitrogens with zero attached hydrogens (tertiary/aromatic N) is 3. The van der Waals surface area contributed by atoms with Crippen molar-refractivity contribution in [2.45, 2.75) is 42.9 Å². The van der Waals surface area contributed by atoms with Gasteiger partial charge in [0.15, 0.2) is 0 Å². The van der Waals surface area contributed by atoms with Crippen molar-refractivity contribution in [3.05, 3.63) is 17.7 Å². The fourth-order valence-corrected chi connectivity index (χ4v) is 5.65. The van der Waals surface area contributed by atoms with E-state index in [1.54, 1.807) is 0 Å². The summed E-state index contributed by atoms with van der Waals surface area (Å²) >= 11 is 0. The summed E-state index contributed by atoms with van der Waals surface area (Å²) in [6.07, 6.45) is -2.14. The highest BCUT2D eigenvalue weighted by molar-refractivity contribution is 7.89. The van der Waals surface area contributed by atoms with E-state index in [2.05, 4.69) is 15.3 Å². The van der Waals surface area contributed by atoms with Gasteiger partial charge in [0.05, 0.1) is 31.1 Å². The van der Waals surface area contributed by atoms with E-state index in [0.717, 1.165) is 32.3 Å². The molecule has 1 spiro atoms. The van der Waals surface area contributed by atoms with Crippen LogP contribution in [0, 0.1) is 12.3 Å². The van der Waals surface area contributed by atoms with Crippen LogP contribution in [-0.4, -0.2) is 61.1 Å². The maximum absolute atomic E-state index is 12.7. The SMILES string of the molecule is Cc1nc(C(F)(F)F)ncc1S(=O)(=O)N1CC2(CC(NC3COC3)C2)C1. The maximum Gasteiger partial charge on any atom is 0.451 e. The Morgan fingerprint density at radius 2 is 1.92 bits per heavy atom. The molecular weight excluding hydrogens is 373 g/mol. The predicted octanol–water partition coefficient (Wildman–Crippen LogP) is 0.945. The summed E-state index contributed by atoms with van der Waals surface area (Å²) in [6, 6.07) is 0.772. The van der Waals surface area contributed by atoms with Gasteiger partial charge in [-0.05, 0) is 19.8 Å². The largest absolute Gasteiger partial charge is 0.451 e. The summed E-state index contributed by atoms with van der Waals surface area (Å²) in [7, 11) is -3.88. The van der Waals surface area contributed by atoms with Crippen LogP contribution < -0.4 is 5.32 Å². The minimum atomic E-state index is -4.70. The zero-order valence-electron chi connectivity index (χ0n) is 14.1. The van der Waals surface area contributed by atoms with Crippen LogP contribution in [0.25, 0.3) is 0 Å². The molecule has 4 rings (SSSR count). The molecule has 11 heteroatoms. The molecular formula is C15H19F3N4O3S. The molecule has 1 saturated carbocycles. The quantitative estimate of drug-likeness (QED) is 0.821. The van der Waals surface area contributed by atoms with E-state index >= 15 is 0 Å². The van der Waals surface area contributed by atoms with Crippen LogP contribution >= 0.6 is 0 Å². The van der Waals surface area contributed by atoms with E-state index in [4.69, 9.17) is 4.74 Å². The molecule has 1 aliphatic carbocycles. The van der Waals surface area contributed by atoms with Crippen molar-refractivity contribution >= 4 is 10.0 Å². The van der Waals surface area contributed by atoms with Crippen molar-refractivity contribution in [3.63, 3.8) is 0 Å². The molecule has 3 fully saturated rings. The molecule has 7 nitrogen and oxygen atoms in total. The molecule has 0 aromatic carbocycles. The van der Waals surface area contributed by atoms with Gasteiger partial charge in [-0.15, -0.1) is 0 Å². The van der Waals surface area contributed by atoms with Gasteiger partial charge < -0.3 is 10.1 Å². The Kier molecular flexibility index (Phi) is 4.07. The van der Waals surface area contributed by atoms with Crippen LogP contribution in [0.5, 0.6) is 0 Å². The van der Waals surface area contributed by atoms with Gasteiger partial charge in [0, 0.05) is 24.5 Å². The van der Waals surface area contributed by atoms with Gasteiger partial charge in [-0.25, -0.2) is 18.4 Å². The molecule has 0 atom stereocenters. The molecule has 1 aromatic rings. The molecule has 0 bridgehead atoms. The summed E-state index contributed by atoms with van der Waals surface area (Å²) in [6.45, 7) is 3.46. The van der Waals surface area contributed by atoms with E-state index < -0.39 is 22.0 Å². The minimum absolute atomic E-state index is 0.0178. The Hall–Kier alpha value is -1.30. The summed E-state index contributed by atoms with van der Waals surface area (Å²) in [5.41, 5.74) is -0.206. The number of nitrogens with one attached hydrogen (secondary N) is 1. The first-order chi connectivity index (χ1) is 12.1. The number of hydrogen-bond donors (Lipinski definition) is 1. The van der Waals surface area contributed by atoms with E-state index in [0.29, 0.717) is 25.2 Å². The fourth-order valence-electron chi connectivity index (χ4n) is 3.88. The summed E-state index contributed by atoms with van der Waals surface area (Å²) in [5.74, 6) is -1.33. The second-order valence-electron chi connectivity index (χ2n) is 7.42. The average Bonchev–Trinajstić information content (AvgIpc) is 2.40. The van der Waals surface area contributed by atoms with Gasteiger partial charge in [0.25, 0.3) is 0 Å². The zero-order valence-corrected chi connectivity index (χ0v) is 14.9. The first kappa shape index (κ1) is 18.1. The Bertz CT molecular complexity index is 812. The Morgan fingerprint density at radius 1 is 1.27 bits per heavy atom. The van der Waals surface area contributed by atoms with Crippen molar-refractivity contribution in [2.75, 3.05) is 26.3 Å². The molecule has 0 amide bonds. The van der Waals surface area contributed by atoms with Crippen molar-refractivity contribution in [1.82, 2.24) is 19.6 Å². The second kappa shape index (κ2) is 5.85. The van der Waals surface area contributed by atoms with E-state index in [-0.39, 0.29) is 16.0 Å². The molecule has 3 aliphatic rings. The highest BCUT2D eigenvalue weighted by Gasteiger charge is 2.56. The van der Waals surface area contributed by atoms with Gasteiger partial charge >= 0.3 is 6.18 Å². The number of aromatic nitrogens is 2. The van der Waals surface area contributed by atoms with Crippen molar-refractivity contribution in [3.8, 4) is 0 Å². The normalized spacial score (nSPS) is 24.2. The van der Waals surface area contributed by atoms with Crippen LogP contribution in [0.4, 0.5) is 13.2 Å². The molecule has 2 saturated heterocycles. The van der Waals surface area contributed by atoms with Crippen LogP contribution in [-0.2, 0) is 20.9 Å². The van der Waals surface area contributed by atoms with Crippen molar-refractivity contribution in [2.24, 2.45) is 5.41 Å². The zero-order chi connectivity index (χ0) is 18.7. The van der Waals surface area contributed by atoms with Crippen LogP contribution in [0.1, 0.15) is 24.4 Å². The third-order valence-electron chi connectivity index (χ3n) is 5.30. The Labute approximate surface area is 149 Å². The molecule has 26 heavy (non-hydrogen) atoms. The number of sulfonamides is 1. The monoisotopic (exact) mass is 392 g/mol. The lowest BCUT2D eigenvalue weighted by Crippen LogP contribution is -2.68. The van der Waals surface area contributed by atoms with E-state index in [1.807, 2.05) is 0 Å². The molecule has 1 N–H and O–H groups in total. The number of ether oxygens (including phenoxy) is 1. The van der Waals surface area contributed by atoms with Gasteiger partial charge in [0.1, 0.15) is 4.90 Å². The minimum Gasteiger partial charge on any atom is -0.378 e. The molecule has 1 aromatic heterocycles. The summed E-state index contributed by atoms with van der Waals surface area (Å²) in [5, 5.41) is 3.47. The molecule has 2 aliphatic heterocycles. The molecule has 3 heterocycles. The maximum atomic E-state index is 12.7. The fraction of sp³-hybridized carbons (Fsp3) is 0.733. The van der Waals surface area contributed by atoms with Gasteiger partial charge in [-0.1, -0.05) is 0 Å². The molecule has 0 unspecified atom stereocenters. The highest BCUT2D eigenvalue weighted by atomic mass is 32.2. The lowest BCUT2D eigenvalue weighted by atomic mass is 9.61. The van der Waals surface area contributed by atoms with Gasteiger partial charge in [-0.2, -0.15) is 17.5 Å². The first-order valence-corrected chi connectivity index (χ1v) is 9.78.